The van der Waals surface area contributed by atoms with E-state index in [1.807, 2.05) is 0 Å². The van der Waals surface area contributed by atoms with Crippen molar-refractivity contribution in [1.82, 2.24) is 0 Å². The molecular formula is C7H9Na. The zero-order valence-corrected chi connectivity index (χ0v) is 7.78. The van der Waals surface area contributed by atoms with Gasteiger partial charge in [0.05, 0.1) is 0 Å². The van der Waals surface area contributed by atoms with Crippen molar-refractivity contribution in [2.45, 2.75) is 20.3 Å². The average molecular weight is 116 g/mol. The van der Waals surface area contributed by atoms with E-state index in [2.05, 4.69) is 19.9 Å². The Balaban J connectivity index is 2.88. The van der Waals surface area contributed by atoms with Crippen molar-refractivity contribution in [1.29, 1.82) is 0 Å². The quantitative estimate of drug-likeness (QED) is 0.423. The maximum atomic E-state index is 2.32. The monoisotopic (exact) mass is 116 g/mol. The molecule has 0 amide bonds. The van der Waals surface area contributed by atoms with Crippen LogP contribution in [-0.4, -0.2) is 27.9 Å². The zero-order chi connectivity index (χ0) is 6.15. The SMILES string of the molecule is CC1=CC[C]([Na])=C1C. The summed E-state index contributed by atoms with van der Waals surface area (Å²) < 4.78 is 1.67. The van der Waals surface area contributed by atoms with Crippen LogP contribution in [0.15, 0.2) is 20.0 Å². The third-order valence-corrected chi connectivity index (χ3v) is 3.10. The van der Waals surface area contributed by atoms with Gasteiger partial charge in [-0.25, -0.2) is 0 Å². The van der Waals surface area contributed by atoms with Gasteiger partial charge in [-0.3, -0.25) is 0 Å². The van der Waals surface area contributed by atoms with E-state index in [-0.39, 0.29) is 0 Å². The fourth-order valence-corrected chi connectivity index (χ4v) is 1.55. The molecule has 0 aromatic heterocycles. The number of rotatable bonds is 0. The molecule has 8 heavy (non-hydrogen) atoms. The molecule has 1 aliphatic rings. The summed E-state index contributed by atoms with van der Waals surface area (Å²) in [6.45, 7) is 4.42. The Morgan fingerprint density at radius 3 is 2.25 bits per heavy atom. The molecule has 0 atom stereocenters. The van der Waals surface area contributed by atoms with Crippen molar-refractivity contribution in [3.63, 3.8) is 0 Å². The predicted octanol–water partition coefficient (Wildman–Crippen LogP) is 1.78. The van der Waals surface area contributed by atoms with Gasteiger partial charge >= 0.3 is 68.2 Å². The van der Waals surface area contributed by atoms with Crippen LogP contribution in [0.25, 0.3) is 0 Å². The second-order valence-corrected chi connectivity index (χ2v) is 3.70. The van der Waals surface area contributed by atoms with Crippen LogP contribution in [0.1, 0.15) is 20.3 Å². The number of allylic oxidation sites excluding steroid dienone is 4. The van der Waals surface area contributed by atoms with Gasteiger partial charge in [-0.05, 0) is 0 Å². The molecule has 0 saturated carbocycles. The summed E-state index contributed by atoms with van der Waals surface area (Å²) in [7, 11) is 0. The molecule has 0 N–H and O–H groups in total. The molecule has 0 bridgehead atoms. The van der Waals surface area contributed by atoms with Crippen molar-refractivity contribution in [3.8, 4) is 0 Å². The topological polar surface area (TPSA) is 0 Å². The molecule has 0 fully saturated rings. The van der Waals surface area contributed by atoms with Crippen LogP contribution in [0.5, 0.6) is 0 Å². The van der Waals surface area contributed by atoms with Gasteiger partial charge in [-0.15, -0.1) is 0 Å². The normalized spacial score (nSPS) is 19.8. The van der Waals surface area contributed by atoms with E-state index >= 15 is 0 Å². The maximum absolute atomic E-state index is 2.32. The van der Waals surface area contributed by atoms with E-state index in [1.165, 1.54) is 39.9 Å². The number of hydrogen-bond donors (Lipinski definition) is 0. The average Bonchev–Trinajstić information content (AvgIpc) is 1.98. The van der Waals surface area contributed by atoms with Gasteiger partial charge in [0.1, 0.15) is 0 Å². The van der Waals surface area contributed by atoms with Crippen molar-refractivity contribution >= 4 is 27.9 Å². The van der Waals surface area contributed by atoms with Gasteiger partial charge in [0.15, 0.2) is 0 Å². The van der Waals surface area contributed by atoms with E-state index < -0.39 is 0 Å². The zero-order valence-electron chi connectivity index (χ0n) is 5.78. The first-order valence-electron chi connectivity index (χ1n) is 3.05. The van der Waals surface area contributed by atoms with E-state index in [1.54, 1.807) is 8.40 Å². The van der Waals surface area contributed by atoms with Crippen molar-refractivity contribution < 1.29 is 0 Å². The molecule has 1 aliphatic carbocycles. The molecule has 38 valence electrons. The van der Waals surface area contributed by atoms with Gasteiger partial charge in [-0.2, -0.15) is 0 Å². The Labute approximate surface area is 68.1 Å². The molecule has 0 heterocycles. The van der Waals surface area contributed by atoms with Crippen LogP contribution in [-0.2, 0) is 0 Å². The molecule has 1 heteroatoms. The van der Waals surface area contributed by atoms with Crippen LogP contribution in [0, 0.1) is 0 Å². The molecule has 0 aromatic carbocycles. The molecule has 0 radical (unpaired) electrons. The molecule has 1 rings (SSSR count). The summed E-state index contributed by atoms with van der Waals surface area (Å²) in [6.07, 6.45) is 3.56. The first-order valence-corrected chi connectivity index (χ1v) is 4.05. The standard InChI is InChI=1S/C7H9.Na/c1-6-4-3-5-7(6)2;/h4H,3H2,1-2H3;. The Morgan fingerprint density at radius 1 is 1.50 bits per heavy atom. The molecule has 0 spiro atoms. The second kappa shape index (κ2) is 2.38. The van der Waals surface area contributed by atoms with Crippen LogP contribution >= 0.6 is 0 Å². The van der Waals surface area contributed by atoms with Crippen LogP contribution < -0.4 is 0 Å². The Hall–Kier alpha value is 0.480. The fourth-order valence-electron chi connectivity index (χ4n) is 0.949. The molecule has 0 saturated heterocycles. The molecule has 0 aliphatic heterocycles. The van der Waals surface area contributed by atoms with Gasteiger partial charge in [0.2, 0.25) is 0 Å². The molecular weight excluding hydrogens is 107 g/mol. The molecule has 0 nitrogen and oxygen atoms in total. The first kappa shape index (κ1) is 6.60. The van der Waals surface area contributed by atoms with Gasteiger partial charge in [-0.1, -0.05) is 0 Å². The van der Waals surface area contributed by atoms with Crippen molar-refractivity contribution in [2.24, 2.45) is 0 Å². The van der Waals surface area contributed by atoms with Crippen LogP contribution in [0.4, 0.5) is 0 Å². The molecule has 0 aromatic rings. The molecule has 0 unspecified atom stereocenters. The van der Waals surface area contributed by atoms with E-state index in [4.69, 9.17) is 0 Å². The first-order chi connectivity index (χ1) is 3.72. The van der Waals surface area contributed by atoms with E-state index in [0.29, 0.717) is 0 Å². The fraction of sp³-hybridized carbons (Fsp3) is 0.429. The predicted molar refractivity (Wildman–Crippen MR) is 36.8 cm³/mol. The summed E-state index contributed by atoms with van der Waals surface area (Å²) in [5, 5.41) is 0. The van der Waals surface area contributed by atoms with Crippen LogP contribution in [0.3, 0.4) is 0 Å². The summed E-state index contributed by atoms with van der Waals surface area (Å²) in [5.74, 6) is 0. The van der Waals surface area contributed by atoms with Gasteiger partial charge in [0.25, 0.3) is 0 Å². The number of hydrogen-bond acceptors (Lipinski definition) is 0. The minimum absolute atomic E-state index is 1.24. The van der Waals surface area contributed by atoms with E-state index in [0.717, 1.165) is 0 Å². The summed E-state index contributed by atoms with van der Waals surface area (Å²) in [6, 6.07) is 0. The summed E-state index contributed by atoms with van der Waals surface area (Å²) in [5.41, 5.74) is 3.05. The van der Waals surface area contributed by atoms with Crippen LogP contribution in [0.2, 0.25) is 0 Å². The summed E-state index contributed by atoms with van der Waals surface area (Å²) >= 11 is 1.25. The van der Waals surface area contributed by atoms with Crippen molar-refractivity contribution in [3.05, 3.63) is 20.0 Å². The Bertz CT molecular complexity index is 158. The van der Waals surface area contributed by atoms with Gasteiger partial charge in [0, 0.05) is 0 Å². The van der Waals surface area contributed by atoms with Gasteiger partial charge < -0.3 is 0 Å². The van der Waals surface area contributed by atoms with E-state index in [9.17, 15) is 0 Å². The van der Waals surface area contributed by atoms with Crippen molar-refractivity contribution in [2.75, 3.05) is 0 Å². The third-order valence-electron chi connectivity index (χ3n) is 1.95. The summed E-state index contributed by atoms with van der Waals surface area (Å²) in [4.78, 5) is 0. The second-order valence-electron chi connectivity index (χ2n) is 2.50. The minimum atomic E-state index is 1.24. The third kappa shape index (κ3) is 1.07. The Kier molecular flexibility index (Phi) is 1.97. The Morgan fingerprint density at radius 2 is 2.12 bits per heavy atom.